The molecule has 2 aromatic carbocycles. The van der Waals surface area contributed by atoms with Gasteiger partial charge in [-0.2, -0.15) is 0 Å². The largest absolute Gasteiger partial charge is 0.493 e. The molecule has 5 nitrogen and oxygen atoms in total. The number of carbonyl (C=O) groups excluding carboxylic acids is 1. The van der Waals surface area contributed by atoms with Crippen LogP contribution in [0, 0.1) is 0 Å². The van der Waals surface area contributed by atoms with Gasteiger partial charge in [-0.05, 0) is 28.2 Å². The number of nitrogens with zero attached hydrogens (tertiary/aromatic N) is 2. The molecule has 0 aromatic heterocycles. The number of hydrogen-bond donors (Lipinski definition) is 0. The molecule has 0 aliphatic carbocycles. The Morgan fingerprint density at radius 2 is 1.69 bits per heavy atom. The van der Waals surface area contributed by atoms with Crippen LogP contribution in [-0.2, 0) is 5.41 Å². The molecule has 0 spiro atoms. The monoisotopic (exact) mass is 390 g/mol. The van der Waals surface area contributed by atoms with E-state index in [0.717, 1.165) is 17.6 Å². The zero-order valence-corrected chi connectivity index (χ0v) is 17.5. The van der Waals surface area contributed by atoms with Gasteiger partial charge in [0.25, 0.3) is 5.91 Å². The highest BCUT2D eigenvalue weighted by Crippen LogP contribution is 2.39. The third kappa shape index (κ3) is 3.41. The molecule has 0 saturated carbocycles. The smallest absolute Gasteiger partial charge is 0.260 e. The maximum absolute atomic E-state index is 13.3. The van der Waals surface area contributed by atoms with E-state index in [1.54, 1.807) is 31.3 Å². The fraction of sp³-hybridized carbons (Fsp3) is 0.333. The second kappa shape index (κ2) is 7.07. The van der Waals surface area contributed by atoms with Crippen LogP contribution in [0.3, 0.4) is 0 Å². The number of amides is 1. The average Bonchev–Trinajstić information content (AvgIpc) is 3.10. The third-order valence-electron chi connectivity index (χ3n) is 5.56. The Kier molecular flexibility index (Phi) is 4.69. The highest BCUT2D eigenvalue weighted by Gasteiger charge is 2.33. The zero-order chi connectivity index (χ0) is 20.8. The minimum atomic E-state index is -0.0933. The number of hydrogen-bond acceptors (Lipinski definition) is 4. The number of benzene rings is 2. The summed E-state index contributed by atoms with van der Waals surface area (Å²) in [6.07, 6.45) is 4.55. The van der Waals surface area contributed by atoms with E-state index in [1.165, 1.54) is 5.56 Å². The molecule has 150 valence electrons. The molecule has 5 heteroatoms. The molecule has 0 fully saturated rings. The number of carbonyl (C=O) groups is 1. The summed E-state index contributed by atoms with van der Waals surface area (Å²) in [6.45, 7) is 6.61. The van der Waals surface area contributed by atoms with Gasteiger partial charge >= 0.3 is 0 Å². The number of ether oxygens (including phenoxy) is 2. The van der Waals surface area contributed by atoms with Gasteiger partial charge in [-0.1, -0.05) is 45.0 Å². The molecule has 2 heterocycles. The second-order valence-corrected chi connectivity index (χ2v) is 8.47. The van der Waals surface area contributed by atoms with Crippen LogP contribution in [0.2, 0.25) is 0 Å². The van der Waals surface area contributed by atoms with Crippen molar-refractivity contribution in [3.05, 3.63) is 59.3 Å². The summed E-state index contributed by atoms with van der Waals surface area (Å²) in [5.41, 5.74) is 4.80. The van der Waals surface area contributed by atoms with Gasteiger partial charge in [-0.25, -0.2) is 0 Å². The summed E-state index contributed by atoms with van der Waals surface area (Å²) in [5, 5.41) is 0. The van der Waals surface area contributed by atoms with Gasteiger partial charge in [0, 0.05) is 24.9 Å². The van der Waals surface area contributed by atoms with E-state index in [1.807, 2.05) is 12.4 Å². The van der Waals surface area contributed by atoms with Crippen molar-refractivity contribution in [2.75, 3.05) is 14.2 Å². The quantitative estimate of drug-likeness (QED) is 0.743. The molecular formula is C24H26N2O3. The van der Waals surface area contributed by atoms with Gasteiger partial charge in [-0.15, -0.1) is 0 Å². The second-order valence-electron chi connectivity index (χ2n) is 8.47. The molecule has 29 heavy (non-hydrogen) atoms. The molecule has 2 aromatic rings. The molecule has 2 aliphatic rings. The van der Waals surface area contributed by atoms with E-state index < -0.39 is 0 Å². The summed E-state index contributed by atoms with van der Waals surface area (Å²) in [5.74, 6) is 1.01. The van der Waals surface area contributed by atoms with E-state index in [2.05, 4.69) is 50.0 Å². The third-order valence-corrected chi connectivity index (χ3v) is 5.56. The minimum Gasteiger partial charge on any atom is -0.493 e. The fourth-order valence-corrected chi connectivity index (χ4v) is 3.80. The number of methoxy groups -OCH3 is 2. The van der Waals surface area contributed by atoms with Gasteiger partial charge in [0.05, 0.1) is 31.5 Å². The summed E-state index contributed by atoms with van der Waals surface area (Å²) in [6, 6.07) is 12.0. The van der Waals surface area contributed by atoms with E-state index in [-0.39, 0.29) is 17.4 Å². The highest BCUT2D eigenvalue weighted by atomic mass is 16.5. The molecule has 1 atom stereocenters. The average molecular weight is 390 g/mol. The van der Waals surface area contributed by atoms with Crippen molar-refractivity contribution in [1.82, 2.24) is 4.90 Å². The topological polar surface area (TPSA) is 51.1 Å². The standard InChI is InChI=1S/C24H26N2O3/c1-24(2,3)17-8-6-15(7-9-17)16-10-18-13-25-20-12-22(29-5)21(28-4)11-19(20)23(27)26(18)14-16/h6-9,11-14,18H,10H2,1-5H3. The number of fused-ring (bicyclic) bond motifs is 2. The molecule has 0 radical (unpaired) electrons. The molecule has 1 amide bonds. The minimum absolute atomic E-state index is 0.0789. The Hall–Kier alpha value is -3.08. The normalized spacial score (nSPS) is 18.1. The lowest BCUT2D eigenvalue weighted by molar-refractivity contribution is 0.0817. The van der Waals surface area contributed by atoms with Crippen molar-refractivity contribution in [1.29, 1.82) is 0 Å². The Labute approximate surface area is 171 Å². The maximum Gasteiger partial charge on any atom is 0.260 e. The van der Waals surface area contributed by atoms with Gasteiger partial charge in [0.1, 0.15) is 0 Å². The van der Waals surface area contributed by atoms with Crippen LogP contribution in [0.5, 0.6) is 11.5 Å². The van der Waals surface area contributed by atoms with E-state index in [4.69, 9.17) is 9.47 Å². The Morgan fingerprint density at radius 1 is 1.03 bits per heavy atom. The van der Waals surface area contributed by atoms with Crippen LogP contribution in [0.15, 0.2) is 47.6 Å². The van der Waals surface area contributed by atoms with Crippen molar-refractivity contribution in [3.8, 4) is 11.5 Å². The Balaban J connectivity index is 1.67. The zero-order valence-electron chi connectivity index (χ0n) is 17.5. The first-order valence-corrected chi connectivity index (χ1v) is 9.76. The summed E-state index contributed by atoms with van der Waals surface area (Å²) >= 11 is 0. The van der Waals surface area contributed by atoms with Crippen LogP contribution in [-0.4, -0.2) is 37.3 Å². The summed E-state index contributed by atoms with van der Waals surface area (Å²) < 4.78 is 10.7. The molecule has 2 aliphatic heterocycles. The first-order valence-electron chi connectivity index (χ1n) is 9.76. The number of aliphatic imine (C=N–C) groups is 1. The van der Waals surface area contributed by atoms with Crippen molar-refractivity contribution in [2.45, 2.75) is 38.6 Å². The Morgan fingerprint density at radius 3 is 2.31 bits per heavy atom. The van der Waals surface area contributed by atoms with Crippen molar-refractivity contribution in [3.63, 3.8) is 0 Å². The van der Waals surface area contributed by atoms with Crippen LogP contribution < -0.4 is 9.47 Å². The van der Waals surface area contributed by atoms with Crippen molar-refractivity contribution in [2.24, 2.45) is 4.99 Å². The van der Waals surface area contributed by atoms with Crippen LogP contribution >= 0.6 is 0 Å². The summed E-state index contributed by atoms with van der Waals surface area (Å²) in [7, 11) is 3.14. The molecule has 0 saturated heterocycles. The molecular weight excluding hydrogens is 364 g/mol. The predicted octanol–water partition coefficient (Wildman–Crippen LogP) is 4.97. The number of rotatable bonds is 3. The van der Waals surface area contributed by atoms with Crippen LogP contribution in [0.1, 0.15) is 48.7 Å². The van der Waals surface area contributed by atoms with Gasteiger partial charge in [-0.3, -0.25) is 9.79 Å². The van der Waals surface area contributed by atoms with E-state index in [0.29, 0.717) is 22.7 Å². The van der Waals surface area contributed by atoms with E-state index >= 15 is 0 Å². The predicted molar refractivity (Wildman–Crippen MR) is 115 cm³/mol. The molecule has 0 N–H and O–H groups in total. The van der Waals surface area contributed by atoms with Crippen LogP contribution in [0.25, 0.3) is 5.57 Å². The first kappa shape index (κ1) is 19.2. The van der Waals surface area contributed by atoms with Gasteiger partial charge < -0.3 is 14.4 Å². The Bertz CT molecular complexity index is 1010. The van der Waals surface area contributed by atoms with Crippen molar-refractivity contribution < 1.29 is 14.3 Å². The SMILES string of the molecule is COc1cc2c(cc1OC)C(=O)N1C=C(c3ccc(C(C)(C)C)cc3)CC1C=N2. The van der Waals surface area contributed by atoms with Gasteiger partial charge in [0.15, 0.2) is 11.5 Å². The lowest BCUT2D eigenvalue weighted by Gasteiger charge is -2.19. The maximum atomic E-state index is 13.3. The summed E-state index contributed by atoms with van der Waals surface area (Å²) in [4.78, 5) is 19.6. The van der Waals surface area contributed by atoms with E-state index in [9.17, 15) is 4.79 Å². The molecule has 1 unspecified atom stereocenters. The lowest BCUT2D eigenvalue weighted by Crippen LogP contribution is -2.32. The fourth-order valence-electron chi connectivity index (χ4n) is 3.80. The molecule has 0 bridgehead atoms. The molecule has 4 rings (SSSR count). The van der Waals surface area contributed by atoms with Crippen LogP contribution in [0.4, 0.5) is 5.69 Å². The van der Waals surface area contributed by atoms with Gasteiger partial charge in [0.2, 0.25) is 0 Å². The highest BCUT2D eigenvalue weighted by molar-refractivity contribution is 6.05. The first-order chi connectivity index (χ1) is 13.8. The van der Waals surface area contributed by atoms with Crippen molar-refractivity contribution >= 4 is 23.4 Å². The lowest BCUT2D eigenvalue weighted by atomic mass is 9.86.